The van der Waals surface area contributed by atoms with E-state index in [0.29, 0.717) is 0 Å². The SMILES string of the molecule is Cl.Cl.NCC(F)(CN)C1CCCC1. The molecule has 1 aliphatic rings. The summed E-state index contributed by atoms with van der Waals surface area (Å²) in [6.45, 7) is 0.155. The van der Waals surface area contributed by atoms with E-state index in [-0.39, 0.29) is 43.8 Å². The number of rotatable bonds is 3. The summed E-state index contributed by atoms with van der Waals surface area (Å²) in [5.41, 5.74) is 9.40. The van der Waals surface area contributed by atoms with Crippen LogP contribution in [0.1, 0.15) is 25.7 Å². The number of nitrogens with two attached hydrogens (primary N) is 2. The highest BCUT2D eigenvalue weighted by molar-refractivity contribution is 5.85. The van der Waals surface area contributed by atoms with Crippen LogP contribution >= 0.6 is 24.8 Å². The highest BCUT2D eigenvalue weighted by Gasteiger charge is 2.37. The summed E-state index contributed by atoms with van der Waals surface area (Å²) in [6.07, 6.45) is 4.20. The van der Waals surface area contributed by atoms with Gasteiger partial charge in [0.1, 0.15) is 5.67 Å². The van der Waals surface area contributed by atoms with Crippen molar-refractivity contribution in [3.05, 3.63) is 0 Å². The monoisotopic (exact) mass is 232 g/mol. The molecule has 0 aromatic carbocycles. The van der Waals surface area contributed by atoms with Gasteiger partial charge in [-0.1, -0.05) is 12.8 Å². The molecule has 0 spiro atoms. The summed E-state index contributed by atoms with van der Waals surface area (Å²) in [7, 11) is 0. The van der Waals surface area contributed by atoms with Gasteiger partial charge in [-0.3, -0.25) is 0 Å². The average Bonchev–Trinajstić information content (AvgIpc) is 2.55. The summed E-state index contributed by atoms with van der Waals surface area (Å²) < 4.78 is 13.7. The minimum Gasteiger partial charge on any atom is -0.327 e. The molecular weight excluding hydrogens is 214 g/mol. The van der Waals surface area contributed by atoms with Gasteiger partial charge in [-0.2, -0.15) is 0 Å². The van der Waals surface area contributed by atoms with Gasteiger partial charge in [-0.25, -0.2) is 4.39 Å². The van der Waals surface area contributed by atoms with Gasteiger partial charge in [0, 0.05) is 13.1 Å². The fourth-order valence-electron chi connectivity index (χ4n) is 1.86. The Morgan fingerprint density at radius 3 is 1.77 bits per heavy atom. The standard InChI is InChI=1S/C8H17FN2.2ClH/c9-8(5-10,6-11)7-3-1-2-4-7;;/h7H,1-6,10-11H2;2*1H. The van der Waals surface area contributed by atoms with E-state index in [1.807, 2.05) is 0 Å². The molecule has 13 heavy (non-hydrogen) atoms. The Hall–Kier alpha value is 0.430. The van der Waals surface area contributed by atoms with E-state index in [1.54, 1.807) is 0 Å². The number of hydrogen-bond donors (Lipinski definition) is 2. The van der Waals surface area contributed by atoms with Crippen molar-refractivity contribution in [2.24, 2.45) is 17.4 Å². The zero-order valence-corrected chi connectivity index (χ0v) is 9.30. The molecule has 0 saturated heterocycles. The van der Waals surface area contributed by atoms with Crippen molar-refractivity contribution in [2.75, 3.05) is 13.1 Å². The second kappa shape index (κ2) is 6.82. The predicted octanol–water partition coefficient (Wildman–Crippen LogP) is 1.65. The molecule has 0 atom stereocenters. The van der Waals surface area contributed by atoms with Crippen LogP contribution in [0.4, 0.5) is 4.39 Å². The van der Waals surface area contributed by atoms with Crippen LogP contribution in [-0.4, -0.2) is 18.8 Å². The maximum atomic E-state index is 13.7. The second-order valence-corrected chi connectivity index (χ2v) is 3.42. The first-order valence-electron chi connectivity index (χ1n) is 4.32. The normalized spacial score (nSPS) is 17.8. The van der Waals surface area contributed by atoms with Gasteiger partial charge in [0.05, 0.1) is 0 Å². The van der Waals surface area contributed by atoms with Crippen molar-refractivity contribution in [3.63, 3.8) is 0 Å². The molecular formula is C8H19Cl2FN2. The molecule has 1 fully saturated rings. The number of hydrogen-bond acceptors (Lipinski definition) is 2. The third-order valence-corrected chi connectivity index (χ3v) is 2.77. The van der Waals surface area contributed by atoms with Gasteiger partial charge in [0.2, 0.25) is 0 Å². The molecule has 4 N–H and O–H groups in total. The summed E-state index contributed by atoms with van der Waals surface area (Å²) >= 11 is 0. The van der Waals surface area contributed by atoms with Crippen LogP contribution in [0, 0.1) is 5.92 Å². The molecule has 2 nitrogen and oxygen atoms in total. The predicted molar refractivity (Wildman–Crippen MR) is 58.4 cm³/mol. The molecule has 0 heterocycles. The molecule has 0 aromatic heterocycles. The zero-order chi connectivity index (χ0) is 8.32. The Morgan fingerprint density at radius 1 is 1.08 bits per heavy atom. The first-order chi connectivity index (χ1) is 5.23. The largest absolute Gasteiger partial charge is 0.327 e. The molecule has 0 radical (unpaired) electrons. The minimum absolute atomic E-state index is 0. The van der Waals surface area contributed by atoms with E-state index in [2.05, 4.69) is 0 Å². The highest BCUT2D eigenvalue weighted by atomic mass is 35.5. The molecule has 82 valence electrons. The minimum atomic E-state index is -1.28. The molecule has 1 rings (SSSR count). The van der Waals surface area contributed by atoms with Crippen molar-refractivity contribution in [1.82, 2.24) is 0 Å². The molecule has 5 heteroatoms. The van der Waals surface area contributed by atoms with Crippen LogP contribution in [0.15, 0.2) is 0 Å². The lowest BCUT2D eigenvalue weighted by atomic mass is 9.88. The molecule has 1 aliphatic carbocycles. The molecule has 0 bridgehead atoms. The van der Waals surface area contributed by atoms with Gasteiger partial charge in [-0.05, 0) is 18.8 Å². The van der Waals surface area contributed by atoms with Gasteiger partial charge < -0.3 is 11.5 Å². The smallest absolute Gasteiger partial charge is 0.138 e. The average molecular weight is 233 g/mol. The van der Waals surface area contributed by atoms with E-state index in [9.17, 15) is 4.39 Å². The third kappa shape index (κ3) is 3.58. The second-order valence-electron chi connectivity index (χ2n) is 3.42. The Kier molecular flexibility index (Phi) is 8.33. The third-order valence-electron chi connectivity index (χ3n) is 2.77. The number of halogens is 3. The molecule has 0 aliphatic heterocycles. The zero-order valence-electron chi connectivity index (χ0n) is 7.67. The van der Waals surface area contributed by atoms with Gasteiger partial charge in [-0.15, -0.1) is 24.8 Å². The van der Waals surface area contributed by atoms with E-state index < -0.39 is 5.67 Å². The van der Waals surface area contributed by atoms with Crippen LogP contribution in [0.25, 0.3) is 0 Å². The van der Waals surface area contributed by atoms with Crippen molar-refractivity contribution in [1.29, 1.82) is 0 Å². The Labute approximate surface area is 91.4 Å². The Morgan fingerprint density at radius 2 is 1.46 bits per heavy atom. The van der Waals surface area contributed by atoms with Gasteiger partial charge in [0.15, 0.2) is 0 Å². The lowest BCUT2D eigenvalue weighted by Crippen LogP contribution is -2.46. The first-order valence-corrected chi connectivity index (χ1v) is 4.32. The summed E-state index contributed by atoms with van der Waals surface area (Å²) in [6, 6.07) is 0. The fraction of sp³-hybridized carbons (Fsp3) is 1.00. The van der Waals surface area contributed by atoms with E-state index in [1.165, 1.54) is 0 Å². The maximum Gasteiger partial charge on any atom is 0.138 e. The lowest BCUT2D eigenvalue weighted by molar-refractivity contribution is 0.102. The summed E-state index contributed by atoms with van der Waals surface area (Å²) in [5, 5.41) is 0. The van der Waals surface area contributed by atoms with Crippen LogP contribution in [0.3, 0.4) is 0 Å². The van der Waals surface area contributed by atoms with E-state index in [0.717, 1.165) is 25.7 Å². The van der Waals surface area contributed by atoms with Crippen molar-refractivity contribution in [3.8, 4) is 0 Å². The van der Waals surface area contributed by atoms with Gasteiger partial charge >= 0.3 is 0 Å². The molecule has 0 amide bonds. The van der Waals surface area contributed by atoms with Crippen LogP contribution in [0.5, 0.6) is 0 Å². The lowest BCUT2D eigenvalue weighted by Gasteiger charge is -2.28. The van der Waals surface area contributed by atoms with E-state index in [4.69, 9.17) is 11.5 Å². The van der Waals surface area contributed by atoms with Crippen molar-refractivity contribution < 1.29 is 4.39 Å². The first kappa shape index (κ1) is 15.9. The van der Waals surface area contributed by atoms with Crippen LogP contribution in [0.2, 0.25) is 0 Å². The van der Waals surface area contributed by atoms with Crippen LogP contribution < -0.4 is 11.5 Å². The van der Waals surface area contributed by atoms with Gasteiger partial charge in [0.25, 0.3) is 0 Å². The topological polar surface area (TPSA) is 52.0 Å². The molecule has 1 saturated carbocycles. The molecule has 0 unspecified atom stereocenters. The fourth-order valence-corrected chi connectivity index (χ4v) is 1.86. The Bertz CT molecular complexity index is 125. The summed E-state index contributed by atoms with van der Waals surface area (Å²) in [5.74, 6) is 0.123. The molecule has 0 aromatic rings. The highest BCUT2D eigenvalue weighted by Crippen LogP contribution is 2.35. The number of alkyl halides is 1. The van der Waals surface area contributed by atoms with Crippen molar-refractivity contribution in [2.45, 2.75) is 31.4 Å². The summed E-state index contributed by atoms with van der Waals surface area (Å²) in [4.78, 5) is 0. The van der Waals surface area contributed by atoms with Crippen molar-refractivity contribution >= 4 is 24.8 Å². The Balaban J connectivity index is 0. The quantitative estimate of drug-likeness (QED) is 0.778. The van der Waals surface area contributed by atoms with E-state index >= 15 is 0 Å². The maximum absolute atomic E-state index is 13.7. The van der Waals surface area contributed by atoms with Crippen LogP contribution in [-0.2, 0) is 0 Å².